The Bertz CT molecular complexity index is 437. The number of fused-ring (bicyclic) bond motifs is 1. The predicted octanol–water partition coefficient (Wildman–Crippen LogP) is 4.90. The predicted molar refractivity (Wildman–Crippen MR) is 88.3 cm³/mol. The lowest BCUT2D eigenvalue weighted by Gasteiger charge is -2.14. The fourth-order valence-electron chi connectivity index (χ4n) is 2.84. The molecule has 0 atom stereocenters. The van der Waals surface area contributed by atoms with Gasteiger partial charge in [-0.2, -0.15) is 0 Å². The van der Waals surface area contributed by atoms with Gasteiger partial charge in [-0.1, -0.05) is 76.6 Å². The topological polar surface area (TPSA) is 0 Å². The molecule has 1 aliphatic heterocycles. The van der Waals surface area contributed by atoms with Gasteiger partial charge in [0.2, 0.25) is 0 Å². The van der Waals surface area contributed by atoms with E-state index >= 15 is 0 Å². The van der Waals surface area contributed by atoms with Crippen LogP contribution in [0.25, 0.3) is 6.08 Å². The molecule has 1 aromatic rings. The van der Waals surface area contributed by atoms with Crippen molar-refractivity contribution >= 4 is 13.4 Å². The molecule has 1 heterocycles. The lowest BCUT2D eigenvalue weighted by molar-refractivity contribution is 0.547. The summed E-state index contributed by atoms with van der Waals surface area (Å²) in [4.78, 5) is 0. The van der Waals surface area contributed by atoms with Crippen molar-refractivity contribution in [1.82, 2.24) is 0 Å². The maximum atomic E-state index is 2.34. The second-order valence-electron chi connectivity index (χ2n) is 6.95. The molecule has 0 unspecified atom stereocenters. The Kier molecular flexibility index (Phi) is 4.90. The highest BCUT2D eigenvalue weighted by Crippen LogP contribution is 2.25. The third-order valence-electron chi connectivity index (χ3n) is 3.95. The largest absolute Gasteiger partial charge is 0.120 e. The number of allylic oxidation sites excluding steroid dienone is 1. The first-order chi connectivity index (χ1) is 9.06. The monoisotopic (exact) mass is 254 g/mol. The first-order valence-electron chi connectivity index (χ1n) is 7.86. The Hall–Kier alpha value is -0.975. The standard InChI is InChI=1S/C18H27B/c1-18(2,3)12-11-16-8-4-7-15-9-5-13-19-14-6-10-17(15)16/h4,7-8,11-12,19H,5-6,9-10,13-14H2,1-3H3/b12-11+. The van der Waals surface area contributed by atoms with Crippen molar-refractivity contribution in [3.63, 3.8) is 0 Å². The summed E-state index contributed by atoms with van der Waals surface area (Å²) in [6.07, 6.45) is 12.7. The summed E-state index contributed by atoms with van der Waals surface area (Å²) in [6.45, 7) is 6.80. The first kappa shape index (κ1) is 14.4. The van der Waals surface area contributed by atoms with Gasteiger partial charge in [0.15, 0.2) is 0 Å². The molecular weight excluding hydrogens is 227 g/mol. The Labute approximate surface area is 119 Å². The van der Waals surface area contributed by atoms with Crippen molar-refractivity contribution in [2.45, 2.75) is 59.1 Å². The van der Waals surface area contributed by atoms with Gasteiger partial charge in [-0.3, -0.25) is 0 Å². The molecule has 0 N–H and O–H groups in total. The lowest BCUT2D eigenvalue weighted by atomic mass is 9.69. The van der Waals surface area contributed by atoms with E-state index in [4.69, 9.17) is 0 Å². The molecule has 1 aromatic carbocycles. The molecule has 0 saturated heterocycles. The Balaban J connectivity index is 2.29. The van der Waals surface area contributed by atoms with Gasteiger partial charge >= 0.3 is 0 Å². The number of hydrogen-bond acceptors (Lipinski definition) is 0. The lowest BCUT2D eigenvalue weighted by Crippen LogP contribution is -2.00. The van der Waals surface area contributed by atoms with Crippen LogP contribution < -0.4 is 0 Å². The van der Waals surface area contributed by atoms with Gasteiger partial charge in [0.05, 0.1) is 0 Å². The minimum atomic E-state index is 0.265. The van der Waals surface area contributed by atoms with Crippen molar-refractivity contribution in [2.24, 2.45) is 5.41 Å². The van der Waals surface area contributed by atoms with Crippen molar-refractivity contribution < 1.29 is 0 Å². The summed E-state index contributed by atoms with van der Waals surface area (Å²) in [5, 5.41) is 0. The van der Waals surface area contributed by atoms with E-state index in [1.165, 1.54) is 51.2 Å². The minimum Gasteiger partial charge on any atom is -0.0785 e. The molecule has 1 aliphatic rings. The summed E-state index contributed by atoms with van der Waals surface area (Å²) in [7, 11) is 1.42. The molecule has 0 nitrogen and oxygen atoms in total. The third kappa shape index (κ3) is 4.56. The van der Waals surface area contributed by atoms with Crippen LogP contribution >= 0.6 is 0 Å². The normalized spacial score (nSPS) is 17.2. The highest BCUT2D eigenvalue weighted by Gasteiger charge is 2.10. The maximum absolute atomic E-state index is 2.34. The Morgan fingerprint density at radius 3 is 2.53 bits per heavy atom. The summed E-state index contributed by atoms with van der Waals surface area (Å²) in [5.74, 6) is 0. The van der Waals surface area contributed by atoms with Gasteiger partial charge in [0.25, 0.3) is 0 Å². The number of hydrogen-bond donors (Lipinski definition) is 0. The van der Waals surface area contributed by atoms with E-state index in [9.17, 15) is 0 Å². The second kappa shape index (κ2) is 6.46. The van der Waals surface area contributed by atoms with Crippen LogP contribution in [0.3, 0.4) is 0 Å². The molecule has 0 radical (unpaired) electrons. The number of aryl methyl sites for hydroxylation is 1. The van der Waals surface area contributed by atoms with Crippen molar-refractivity contribution in [3.05, 3.63) is 41.0 Å². The number of benzene rings is 1. The summed E-state index contributed by atoms with van der Waals surface area (Å²) < 4.78 is 0. The van der Waals surface area contributed by atoms with Crippen molar-refractivity contribution in [3.8, 4) is 0 Å². The quantitative estimate of drug-likeness (QED) is 0.625. The van der Waals surface area contributed by atoms with E-state index < -0.39 is 0 Å². The van der Waals surface area contributed by atoms with E-state index in [0.29, 0.717) is 0 Å². The molecular formula is C18H27B. The first-order valence-corrected chi connectivity index (χ1v) is 7.86. The molecule has 2 rings (SSSR count). The second-order valence-corrected chi connectivity index (χ2v) is 6.95. The van der Waals surface area contributed by atoms with Crippen LogP contribution in [0.15, 0.2) is 24.3 Å². The van der Waals surface area contributed by atoms with Crippen LogP contribution in [0, 0.1) is 5.41 Å². The molecule has 0 aromatic heterocycles. The van der Waals surface area contributed by atoms with E-state index in [-0.39, 0.29) is 5.41 Å². The Morgan fingerprint density at radius 1 is 1.05 bits per heavy atom. The van der Waals surface area contributed by atoms with Crippen LogP contribution in [0.2, 0.25) is 12.6 Å². The summed E-state index contributed by atoms with van der Waals surface area (Å²) in [6, 6.07) is 6.87. The SMILES string of the molecule is CC(C)(C)/C=C/c1cccc2c1CCCBCCC2. The fraction of sp³-hybridized carbons (Fsp3) is 0.556. The van der Waals surface area contributed by atoms with Gasteiger partial charge in [0.1, 0.15) is 7.28 Å². The van der Waals surface area contributed by atoms with E-state index in [1.807, 2.05) is 0 Å². The molecule has 0 bridgehead atoms. The zero-order chi connectivity index (χ0) is 13.7. The van der Waals surface area contributed by atoms with E-state index in [1.54, 1.807) is 11.1 Å². The van der Waals surface area contributed by atoms with Gasteiger partial charge in [-0.25, -0.2) is 0 Å². The molecule has 0 saturated carbocycles. The molecule has 102 valence electrons. The highest BCUT2D eigenvalue weighted by atomic mass is 14.1. The molecule has 19 heavy (non-hydrogen) atoms. The van der Waals surface area contributed by atoms with Gasteiger partial charge in [-0.15, -0.1) is 0 Å². The van der Waals surface area contributed by atoms with Crippen molar-refractivity contribution in [2.75, 3.05) is 0 Å². The zero-order valence-electron chi connectivity index (χ0n) is 12.8. The molecule has 0 fully saturated rings. The highest BCUT2D eigenvalue weighted by molar-refractivity contribution is 6.35. The van der Waals surface area contributed by atoms with Gasteiger partial charge < -0.3 is 0 Å². The number of rotatable bonds is 1. The molecule has 1 heteroatoms. The van der Waals surface area contributed by atoms with Crippen LogP contribution in [-0.2, 0) is 12.8 Å². The summed E-state index contributed by atoms with van der Waals surface area (Å²) in [5.41, 5.74) is 4.93. The molecule has 0 amide bonds. The van der Waals surface area contributed by atoms with E-state index in [0.717, 1.165) is 0 Å². The Morgan fingerprint density at radius 2 is 1.79 bits per heavy atom. The minimum absolute atomic E-state index is 0.265. The van der Waals surface area contributed by atoms with Gasteiger partial charge in [-0.05, 0) is 34.9 Å². The van der Waals surface area contributed by atoms with Crippen LogP contribution in [0.5, 0.6) is 0 Å². The fourth-order valence-corrected chi connectivity index (χ4v) is 2.84. The molecule has 0 aliphatic carbocycles. The summed E-state index contributed by atoms with van der Waals surface area (Å²) >= 11 is 0. The molecule has 0 spiro atoms. The average molecular weight is 254 g/mol. The zero-order valence-corrected chi connectivity index (χ0v) is 12.8. The van der Waals surface area contributed by atoms with E-state index in [2.05, 4.69) is 51.1 Å². The maximum Gasteiger partial charge on any atom is 0.120 e. The van der Waals surface area contributed by atoms with Crippen molar-refractivity contribution in [1.29, 1.82) is 0 Å². The van der Waals surface area contributed by atoms with Crippen LogP contribution in [0.1, 0.15) is 50.3 Å². The van der Waals surface area contributed by atoms with Crippen LogP contribution in [-0.4, -0.2) is 7.28 Å². The smallest absolute Gasteiger partial charge is 0.0785 e. The van der Waals surface area contributed by atoms with Gasteiger partial charge in [0, 0.05) is 0 Å². The third-order valence-corrected chi connectivity index (χ3v) is 3.95. The van der Waals surface area contributed by atoms with Crippen LogP contribution in [0.4, 0.5) is 0 Å². The average Bonchev–Trinajstić information content (AvgIpc) is 2.46.